The van der Waals surface area contributed by atoms with Crippen molar-refractivity contribution in [2.75, 3.05) is 19.0 Å². The minimum absolute atomic E-state index is 0.219. The Balaban J connectivity index is 1.57. The molecule has 0 saturated heterocycles. The first kappa shape index (κ1) is 22.2. The van der Waals surface area contributed by atoms with Crippen molar-refractivity contribution in [3.05, 3.63) is 76.2 Å². The maximum atomic E-state index is 13.2. The molecule has 4 rings (SSSR count). The molecule has 0 unspecified atom stereocenters. The van der Waals surface area contributed by atoms with Gasteiger partial charge >= 0.3 is 5.97 Å². The highest BCUT2D eigenvalue weighted by Crippen LogP contribution is 2.31. The summed E-state index contributed by atoms with van der Waals surface area (Å²) in [4.78, 5) is 42.7. The molecule has 2 aromatic heterocycles. The Morgan fingerprint density at radius 2 is 1.94 bits per heavy atom. The second-order valence-corrected chi connectivity index (χ2v) is 7.94. The molecule has 0 aliphatic heterocycles. The summed E-state index contributed by atoms with van der Waals surface area (Å²) in [5.41, 5.74) is 2.08. The summed E-state index contributed by atoms with van der Waals surface area (Å²) >= 11 is 1.37. The van der Waals surface area contributed by atoms with Crippen molar-refractivity contribution in [2.24, 2.45) is 0 Å². The number of fused-ring (bicyclic) bond motifs is 1. The highest BCUT2D eigenvalue weighted by molar-refractivity contribution is 7.17. The minimum atomic E-state index is -0.469. The Kier molecular flexibility index (Phi) is 6.50. The summed E-state index contributed by atoms with van der Waals surface area (Å²) in [6.07, 6.45) is 1.37. The van der Waals surface area contributed by atoms with Gasteiger partial charge in [-0.3, -0.25) is 14.2 Å². The molecule has 2 heterocycles. The predicted molar refractivity (Wildman–Crippen MR) is 127 cm³/mol. The van der Waals surface area contributed by atoms with Gasteiger partial charge in [-0.05, 0) is 42.8 Å². The zero-order valence-electron chi connectivity index (χ0n) is 18.0. The zero-order valence-corrected chi connectivity index (χ0v) is 18.8. The third-order valence-corrected chi connectivity index (χ3v) is 5.82. The van der Waals surface area contributed by atoms with Gasteiger partial charge in [0.05, 0.1) is 31.0 Å². The lowest BCUT2D eigenvalue weighted by Crippen LogP contribution is -2.27. The standard InChI is InChI=1S/C24H21N3O5S/c1-3-32-24(30)16-5-4-6-17(11-16)26-20(28)12-27-14-25-22-21(23(27)29)19(13-33-22)15-7-9-18(31-2)10-8-15/h4-11,13-14H,3,12H2,1-2H3,(H,26,28). The Bertz CT molecular complexity index is 1380. The van der Waals surface area contributed by atoms with Gasteiger partial charge in [0, 0.05) is 16.6 Å². The van der Waals surface area contributed by atoms with Crippen LogP contribution in [0.1, 0.15) is 17.3 Å². The Hall–Kier alpha value is -3.98. The van der Waals surface area contributed by atoms with Gasteiger partial charge in [0.2, 0.25) is 5.91 Å². The molecule has 0 aliphatic carbocycles. The molecule has 8 nitrogen and oxygen atoms in total. The van der Waals surface area contributed by atoms with Gasteiger partial charge < -0.3 is 14.8 Å². The van der Waals surface area contributed by atoms with Crippen LogP contribution in [0.5, 0.6) is 5.75 Å². The van der Waals surface area contributed by atoms with E-state index < -0.39 is 11.9 Å². The molecule has 0 radical (unpaired) electrons. The molecule has 2 aromatic carbocycles. The fourth-order valence-electron chi connectivity index (χ4n) is 3.36. The van der Waals surface area contributed by atoms with E-state index in [0.29, 0.717) is 21.5 Å². The first-order chi connectivity index (χ1) is 16.0. The topological polar surface area (TPSA) is 99.5 Å². The average molecular weight is 464 g/mol. The Morgan fingerprint density at radius 3 is 2.67 bits per heavy atom. The van der Waals surface area contributed by atoms with Crippen molar-refractivity contribution in [3.8, 4) is 16.9 Å². The molecular formula is C24H21N3O5S. The smallest absolute Gasteiger partial charge is 0.338 e. The van der Waals surface area contributed by atoms with Crippen LogP contribution in [0.25, 0.3) is 21.3 Å². The van der Waals surface area contributed by atoms with E-state index in [2.05, 4.69) is 10.3 Å². The normalized spacial score (nSPS) is 10.7. The van der Waals surface area contributed by atoms with Crippen LogP contribution < -0.4 is 15.6 Å². The molecule has 168 valence electrons. The van der Waals surface area contributed by atoms with Crippen LogP contribution in [0.4, 0.5) is 5.69 Å². The number of carbonyl (C=O) groups is 2. The van der Waals surface area contributed by atoms with Crippen LogP contribution in [0.3, 0.4) is 0 Å². The Morgan fingerprint density at radius 1 is 1.15 bits per heavy atom. The monoisotopic (exact) mass is 463 g/mol. The van der Waals surface area contributed by atoms with Crippen molar-refractivity contribution in [1.82, 2.24) is 9.55 Å². The number of nitrogens with one attached hydrogen (secondary N) is 1. The van der Waals surface area contributed by atoms with Crippen LogP contribution in [0.2, 0.25) is 0 Å². The minimum Gasteiger partial charge on any atom is -0.497 e. The lowest BCUT2D eigenvalue weighted by molar-refractivity contribution is -0.116. The van der Waals surface area contributed by atoms with Crippen molar-refractivity contribution >= 4 is 39.1 Å². The number of benzene rings is 2. The molecular weight excluding hydrogens is 442 g/mol. The summed E-state index contributed by atoms with van der Waals surface area (Å²) in [6, 6.07) is 13.8. The van der Waals surface area contributed by atoms with Gasteiger partial charge in [-0.2, -0.15) is 0 Å². The first-order valence-electron chi connectivity index (χ1n) is 10.2. The molecule has 4 aromatic rings. The quantitative estimate of drug-likeness (QED) is 0.417. The van der Waals surface area contributed by atoms with Gasteiger partial charge in [0.15, 0.2) is 0 Å². The number of amides is 1. The van der Waals surface area contributed by atoms with Crippen LogP contribution in [0.15, 0.2) is 65.0 Å². The summed E-state index contributed by atoms with van der Waals surface area (Å²) < 4.78 is 11.4. The molecule has 0 atom stereocenters. The highest BCUT2D eigenvalue weighted by atomic mass is 32.1. The average Bonchev–Trinajstić information content (AvgIpc) is 3.26. The maximum absolute atomic E-state index is 13.2. The van der Waals surface area contributed by atoms with Crippen molar-refractivity contribution in [2.45, 2.75) is 13.5 Å². The van der Waals surface area contributed by atoms with Crippen molar-refractivity contribution in [3.63, 3.8) is 0 Å². The third-order valence-electron chi connectivity index (χ3n) is 4.93. The summed E-state index contributed by atoms with van der Waals surface area (Å²) in [6.45, 7) is 1.76. The Labute approximate surface area is 193 Å². The fourth-order valence-corrected chi connectivity index (χ4v) is 4.26. The number of hydrogen-bond acceptors (Lipinski definition) is 7. The number of esters is 1. The zero-order chi connectivity index (χ0) is 23.4. The number of methoxy groups -OCH3 is 1. The number of hydrogen-bond donors (Lipinski definition) is 1. The second-order valence-electron chi connectivity index (χ2n) is 7.09. The number of thiophene rings is 1. The fraction of sp³-hybridized carbons (Fsp3) is 0.167. The van der Waals surface area contributed by atoms with Crippen LogP contribution in [-0.4, -0.2) is 35.1 Å². The number of carbonyl (C=O) groups excluding carboxylic acids is 2. The van der Waals surface area contributed by atoms with E-state index in [1.165, 1.54) is 28.3 Å². The highest BCUT2D eigenvalue weighted by Gasteiger charge is 2.15. The molecule has 0 saturated carbocycles. The summed E-state index contributed by atoms with van der Waals surface area (Å²) in [7, 11) is 1.59. The number of ether oxygens (including phenoxy) is 2. The summed E-state index contributed by atoms with van der Waals surface area (Å²) in [5, 5.41) is 5.05. The van der Waals surface area contributed by atoms with Crippen molar-refractivity contribution in [1.29, 1.82) is 0 Å². The van der Waals surface area contributed by atoms with Crippen LogP contribution >= 0.6 is 11.3 Å². The molecule has 0 bridgehead atoms. The predicted octanol–water partition coefficient (Wildman–Crippen LogP) is 3.95. The van der Waals surface area contributed by atoms with Gasteiger partial charge in [0.1, 0.15) is 17.1 Å². The lowest BCUT2D eigenvalue weighted by atomic mass is 10.1. The largest absolute Gasteiger partial charge is 0.497 e. The molecule has 0 aliphatic rings. The molecule has 0 spiro atoms. The summed E-state index contributed by atoms with van der Waals surface area (Å²) in [5.74, 6) is -0.166. The third kappa shape index (κ3) is 4.78. The molecule has 33 heavy (non-hydrogen) atoms. The number of rotatable bonds is 7. The van der Waals surface area contributed by atoms with Crippen LogP contribution in [0, 0.1) is 0 Å². The number of anilines is 1. The number of nitrogens with zero attached hydrogens (tertiary/aromatic N) is 2. The maximum Gasteiger partial charge on any atom is 0.338 e. The van der Waals surface area contributed by atoms with Crippen molar-refractivity contribution < 1.29 is 19.1 Å². The SMILES string of the molecule is CCOC(=O)c1cccc(NC(=O)Cn2cnc3scc(-c4ccc(OC)cc4)c3c2=O)c1. The van der Waals surface area contributed by atoms with E-state index in [-0.39, 0.29) is 18.7 Å². The van der Waals surface area contributed by atoms with E-state index in [1.807, 2.05) is 29.6 Å². The van der Waals surface area contributed by atoms with Gasteiger partial charge in [0.25, 0.3) is 5.56 Å². The van der Waals surface area contributed by atoms with Gasteiger partial charge in [-0.25, -0.2) is 9.78 Å². The first-order valence-corrected chi connectivity index (χ1v) is 11.1. The van der Waals surface area contributed by atoms with E-state index in [9.17, 15) is 14.4 Å². The molecule has 1 amide bonds. The second kappa shape index (κ2) is 9.66. The molecule has 1 N–H and O–H groups in total. The van der Waals surface area contributed by atoms with E-state index in [1.54, 1.807) is 32.2 Å². The number of aromatic nitrogens is 2. The van der Waals surface area contributed by atoms with Crippen LogP contribution in [-0.2, 0) is 16.1 Å². The van der Waals surface area contributed by atoms with E-state index in [4.69, 9.17) is 9.47 Å². The molecule has 0 fully saturated rings. The van der Waals surface area contributed by atoms with E-state index >= 15 is 0 Å². The van der Waals surface area contributed by atoms with Gasteiger partial charge in [-0.15, -0.1) is 11.3 Å². The lowest BCUT2D eigenvalue weighted by Gasteiger charge is -2.09. The molecule has 9 heteroatoms. The van der Waals surface area contributed by atoms with Gasteiger partial charge in [-0.1, -0.05) is 18.2 Å². The van der Waals surface area contributed by atoms with E-state index in [0.717, 1.165) is 16.9 Å².